The number of phosphoric acid groups is 2. The molecule has 0 bridgehead atoms. The molecule has 95 heavy (non-hydrogen) atoms. The van der Waals surface area contributed by atoms with Crippen LogP contribution in [0.15, 0.2) is 170 Å². The van der Waals surface area contributed by atoms with Gasteiger partial charge in [-0.2, -0.15) is 0 Å². The molecular formula is C77H124O16P2. The van der Waals surface area contributed by atoms with E-state index in [-0.39, 0.29) is 19.3 Å². The smallest absolute Gasteiger partial charge is 0.463 e. The van der Waals surface area contributed by atoms with Crippen molar-refractivity contribution in [1.29, 1.82) is 0 Å². The van der Waals surface area contributed by atoms with Gasteiger partial charge in [-0.1, -0.05) is 249 Å². The maximum Gasteiger partial charge on any atom is 0.472 e. The minimum atomic E-state index is -4.95. The number of esters is 3. The summed E-state index contributed by atoms with van der Waals surface area (Å²) in [7, 11) is -9.82. The van der Waals surface area contributed by atoms with Gasteiger partial charge in [0.25, 0.3) is 0 Å². The first-order chi connectivity index (χ1) is 46.2. The van der Waals surface area contributed by atoms with Crippen molar-refractivity contribution in [3.8, 4) is 0 Å². The Morgan fingerprint density at radius 3 is 0.874 bits per heavy atom. The summed E-state index contributed by atoms with van der Waals surface area (Å²) in [4.78, 5) is 58.4. The van der Waals surface area contributed by atoms with Crippen LogP contribution in [0.2, 0.25) is 0 Å². The van der Waals surface area contributed by atoms with Gasteiger partial charge < -0.3 is 34.2 Å². The van der Waals surface area contributed by atoms with Crippen molar-refractivity contribution in [3.63, 3.8) is 0 Å². The molecule has 0 radical (unpaired) electrons. The summed E-state index contributed by atoms with van der Waals surface area (Å²) in [5.74, 6) is -1.69. The number of ether oxygens (including phenoxy) is 3. The van der Waals surface area contributed by atoms with E-state index >= 15 is 0 Å². The molecule has 0 spiro atoms. The Morgan fingerprint density at radius 1 is 0.295 bits per heavy atom. The lowest BCUT2D eigenvalue weighted by Gasteiger charge is -2.21. The second-order valence-corrected chi connectivity index (χ2v) is 25.8. The van der Waals surface area contributed by atoms with E-state index in [2.05, 4.69) is 179 Å². The van der Waals surface area contributed by atoms with Crippen molar-refractivity contribution in [1.82, 2.24) is 0 Å². The van der Waals surface area contributed by atoms with Crippen LogP contribution in [0.1, 0.15) is 239 Å². The molecule has 0 saturated heterocycles. The predicted molar refractivity (Wildman–Crippen MR) is 389 cm³/mol. The lowest BCUT2D eigenvalue weighted by Crippen LogP contribution is -2.30. The molecule has 0 aliphatic carbocycles. The Bertz CT molecular complexity index is 2410. The molecule has 0 amide bonds. The van der Waals surface area contributed by atoms with Gasteiger partial charge in [0.1, 0.15) is 25.4 Å². The number of carbonyl (C=O) groups excluding carboxylic acids is 3. The van der Waals surface area contributed by atoms with Crippen LogP contribution in [0.3, 0.4) is 0 Å². The molecule has 18 heteroatoms. The molecule has 0 aromatic heterocycles. The fourth-order valence-electron chi connectivity index (χ4n) is 8.62. The zero-order valence-electron chi connectivity index (χ0n) is 58.3. The van der Waals surface area contributed by atoms with Crippen molar-refractivity contribution >= 4 is 33.6 Å². The molecular weight excluding hydrogens is 1240 g/mol. The molecule has 0 rings (SSSR count). The third kappa shape index (κ3) is 70.1. The van der Waals surface area contributed by atoms with Crippen LogP contribution in [-0.4, -0.2) is 95.9 Å². The van der Waals surface area contributed by atoms with Crippen molar-refractivity contribution in [2.24, 2.45) is 0 Å². The molecule has 5 unspecified atom stereocenters. The number of aliphatic hydroxyl groups is 2. The number of allylic oxidation sites excluding steroid dienone is 28. The molecule has 0 saturated carbocycles. The van der Waals surface area contributed by atoms with E-state index in [1.54, 1.807) is 0 Å². The Morgan fingerprint density at radius 2 is 0.537 bits per heavy atom. The molecule has 0 aliphatic rings. The van der Waals surface area contributed by atoms with Gasteiger partial charge in [0.05, 0.1) is 26.4 Å². The average molecular weight is 1370 g/mol. The van der Waals surface area contributed by atoms with Gasteiger partial charge in [0, 0.05) is 19.3 Å². The van der Waals surface area contributed by atoms with Crippen LogP contribution >= 0.6 is 15.6 Å². The van der Waals surface area contributed by atoms with Crippen molar-refractivity contribution in [2.45, 2.75) is 257 Å². The monoisotopic (exact) mass is 1370 g/mol. The third-order valence-corrected chi connectivity index (χ3v) is 15.8. The molecule has 0 aromatic carbocycles. The average Bonchev–Trinajstić information content (AvgIpc) is 1.77. The number of hydrogen-bond donors (Lipinski definition) is 4. The molecule has 0 aliphatic heterocycles. The zero-order chi connectivity index (χ0) is 69.5. The third-order valence-electron chi connectivity index (χ3n) is 13.9. The predicted octanol–water partition coefficient (Wildman–Crippen LogP) is 20.1. The summed E-state index contributed by atoms with van der Waals surface area (Å²) in [6.07, 6.45) is 85.5. The highest BCUT2D eigenvalue weighted by Gasteiger charge is 2.29. The first-order valence-electron chi connectivity index (χ1n) is 35.4. The Kier molecular flexibility index (Phi) is 65.1. The topological polar surface area (TPSA) is 231 Å². The number of carbonyl (C=O) groups is 3. The van der Waals surface area contributed by atoms with E-state index in [1.165, 1.54) is 25.7 Å². The number of rotatable bonds is 65. The van der Waals surface area contributed by atoms with E-state index in [9.17, 15) is 43.5 Å². The summed E-state index contributed by atoms with van der Waals surface area (Å²) >= 11 is 0. The van der Waals surface area contributed by atoms with Gasteiger partial charge >= 0.3 is 33.6 Å². The van der Waals surface area contributed by atoms with Crippen LogP contribution in [0, 0.1) is 0 Å². The lowest BCUT2D eigenvalue weighted by atomic mass is 10.1. The summed E-state index contributed by atoms with van der Waals surface area (Å²) in [6, 6.07) is 0. The Labute approximate surface area is 573 Å². The van der Waals surface area contributed by atoms with Gasteiger partial charge in [-0.15, -0.1) is 0 Å². The van der Waals surface area contributed by atoms with Crippen molar-refractivity contribution < 1.29 is 75.8 Å². The Hall–Kier alpha value is -5.09. The van der Waals surface area contributed by atoms with E-state index in [1.807, 2.05) is 12.2 Å². The van der Waals surface area contributed by atoms with Gasteiger partial charge in [0.2, 0.25) is 0 Å². The fourth-order valence-corrected chi connectivity index (χ4v) is 10.2. The zero-order valence-corrected chi connectivity index (χ0v) is 60.1. The largest absolute Gasteiger partial charge is 0.472 e. The van der Waals surface area contributed by atoms with Crippen LogP contribution in [0.4, 0.5) is 0 Å². The molecule has 538 valence electrons. The highest BCUT2D eigenvalue weighted by Crippen LogP contribution is 2.45. The van der Waals surface area contributed by atoms with Crippen LogP contribution in [-0.2, 0) is 55.8 Å². The maximum atomic E-state index is 12.9. The van der Waals surface area contributed by atoms with Crippen LogP contribution in [0.5, 0.6) is 0 Å². The van der Waals surface area contributed by atoms with Crippen LogP contribution < -0.4 is 0 Å². The van der Waals surface area contributed by atoms with Crippen LogP contribution in [0.25, 0.3) is 0 Å². The quantitative estimate of drug-likeness (QED) is 0.0146. The fraction of sp³-hybridized carbons (Fsp3) is 0.597. The lowest BCUT2D eigenvalue weighted by molar-refractivity contribution is -0.161. The summed E-state index contributed by atoms with van der Waals surface area (Å²) in [5.41, 5.74) is 0. The first kappa shape index (κ1) is 89.9. The molecule has 0 fully saturated rings. The highest BCUT2D eigenvalue weighted by molar-refractivity contribution is 7.47. The first-order valence-corrected chi connectivity index (χ1v) is 38.4. The Balaban J connectivity index is 4.69. The molecule has 0 aromatic rings. The number of unbranched alkanes of at least 4 members (excludes halogenated alkanes) is 14. The van der Waals surface area contributed by atoms with Gasteiger partial charge in [-0.3, -0.25) is 32.5 Å². The number of aliphatic hydroxyl groups excluding tert-OH is 2. The molecule has 4 N–H and O–H groups in total. The van der Waals surface area contributed by atoms with E-state index in [4.69, 9.17) is 32.3 Å². The molecule has 16 nitrogen and oxygen atoms in total. The highest BCUT2D eigenvalue weighted by atomic mass is 31.2. The van der Waals surface area contributed by atoms with Gasteiger partial charge in [-0.05, 0) is 141 Å². The van der Waals surface area contributed by atoms with E-state index < -0.39 is 91.5 Å². The minimum absolute atomic E-state index is 0.0576. The minimum Gasteiger partial charge on any atom is -0.463 e. The standard InChI is InChI=1S/C77H124O16P2/c1-4-7-10-13-16-19-22-25-28-31-32-33-34-35-36-37-38-41-43-45-48-51-54-57-60-63-75(80)87-66-72(78)67-89-94(83,84)90-68-73(79)69-91-95(85,86)92-71-74(93-77(82)65-62-59-56-53-50-47-44-40-30-27-24-21-18-15-12-9-6-3)70-88-76(81)64-61-58-55-52-49-46-42-39-29-26-23-20-17-14-11-8-5-2/h7-12,16-21,25-30,32-33,35-36,42,44,46-47,52,55,72-74,78-79H,4-6,13-15,22-24,31,34,37-41,43,45,48-51,53-54,56-71H2,1-3H3,(H,83,84)(H,85,86)/b10-7-,11-8-,12-9-,19-16-,20-17-,21-18-,28-25-,29-26-,30-27-,33-32-,36-35-,46-42-,47-44-,55-52-. The second kappa shape index (κ2) is 68.8. The SMILES string of the molecule is CC/C=C\C/C=C\C/C=C\C/C=C\C/C=C\CCCCCCCCCCCC(=O)OCC(O)COP(=O)(O)OCC(O)COP(=O)(O)OCC(COC(=O)CCC/C=C\C/C=C\C/C=C\C/C=C\C/C=C\CC)OC(=O)CCCCCC/C=C\C/C=C\C/C=C\C/C=C\CC. The van der Waals surface area contributed by atoms with E-state index in [0.717, 1.165) is 148 Å². The second-order valence-electron chi connectivity index (χ2n) is 22.9. The van der Waals surface area contributed by atoms with Gasteiger partial charge in [0.15, 0.2) is 6.10 Å². The summed E-state index contributed by atoms with van der Waals surface area (Å²) in [6.45, 7) is 2.19. The summed E-state index contributed by atoms with van der Waals surface area (Å²) in [5, 5.41) is 20.6. The number of hydrogen-bond acceptors (Lipinski definition) is 14. The van der Waals surface area contributed by atoms with Crippen molar-refractivity contribution in [2.75, 3.05) is 39.6 Å². The summed E-state index contributed by atoms with van der Waals surface area (Å²) < 4.78 is 60.9. The maximum absolute atomic E-state index is 12.9. The van der Waals surface area contributed by atoms with Crippen molar-refractivity contribution in [3.05, 3.63) is 170 Å². The molecule has 5 atom stereocenters. The normalized spacial score (nSPS) is 15.1. The molecule has 0 heterocycles. The van der Waals surface area contributed by atoms with E-state index in [0.29, 0.717) is 25.7 Å². The van der Waals surface area contributed by atoms with Gasteiger partial charge in [-0.25, -0.2) is 9.13 Å². The number of phosphoric ester groups is 2.